The number of amides is 1. The molecule has 0 aromatic heterocycles. The van der Waals surface area contributed by atoms with E-state index >= 15 is 0 Å². The summed E-state index contributed by atoms with van der Waals surface area (Å²) in [5, 5.41) is 3.14. The van der Waals surface area contributed by atoms with Gasteiger partial charge in [-0.2, -0.15) is 0 Å². The van der Waals surface area contributed by atoms with Crippen LogP contribution in [0.1, 0.15) is 33.1 Å². The molecule has 1 amide bonds. The van der Waals surface area contributed by atoms with E-state index in [9.17, 15) is 4.79 Å². The summed E-state index contributed by atoms with van der Waals surface area (Å²) in [6.07, 6.45) is 0. The zero-order valence-corrected chi connectivity index (χ0v) is 15.7. The maximum atomic E-state index is 13.2. The Morgan fingerprint density at radius 2 is 1.33 bits per heavy atom. The van der Waals surface area contributed by atoms with Gasteiger partial charge in [-0.1, -0.05) is 66.2 Å². The van der Waals surface area contributed by atoms with E-state index in [2.05, 4.69) is 5.32 Å². The van der Waals surface area contributed by atoms with Gasteiger partial charge < -0.3 is 14.8 Å². The lowest BCUT2D eigenvalue weighted by molar-refractivity contribution is 0.0936. The van der Waals surface area contributed by atoms with Crippen LogP contribution in [0, 0.1) is 6.92 Å². The lowest BCUT2D eigenvalue weighted by atomic mass is 9.97. The second-order valence-corrected chi connectivity index (χ2v) is 6.27. The molecule has 0 aliphatic heterocycles. The predicted octanol–water partition coefficient (Wildman–Crippen LogP) is 4.53. The first-order valence-electron chi connectivity index (χ1n) is 8.77. The molecule has 0 aliphatic carbocycles. The average molecular weight is 361 g/mol. The highest BCUT2D eigenvalue weighted by molar-refractivity contribution is 6.00. The largest absolute Gasteiger partial charge is 0.496 e. The molecule has 1 N–H and O–H groups in total. The van der Waals surface area contributed by atoms with E-state index in [0.717, 1.165) is 11.1 Å². The second kappa shape index (κ2) is 8.41. The fraction of sp³-hybridized carbons (Fsp3) is 0.174. The molecular formula is C23H23NO3. The number of hydrogen-bond donors (Lipinski definition) is 1. The van der Waals surface area contributed by atoms with Gasteiger partial charge in [-0.25, -0.2) is 0 Å². The van der Waals surface area contributed by atoms with Crippen LogP contribution in [0.15, 0.2) is 72.8 Å². The van der Waals surface area contributed by atoms with E-state index in [1.54, 1.807) is 32.4 Å². The molecule has 0 saturated heterocycles. The summed E-state index contributed by atoms with van der Waals surface area (Å²) in [5.74, 6) is 0.698. The molecule has 1 unspecified atom stereocenters. The predicted molar refractivity (Wildman–Crippen MR) is 106 cm³/mol. The van der Waals surface area contributed by atoms with Crippen LogP contribution in [0.5, 0.6) is 11.5 Å². The molecule has 27 heavy (non-hydrogen) atoms. The zero-order chi connectivity index (χ0) is 19.2. The summed E-state index contributed by atoms with van der Waals surface area (Å²) in [6.45, 7) is 2.04. The fourth-order valence-electron chi connectivity index (χ4n) is 3.04. The Bertz CT molecular complexity index is 882. The van der Waals surface area contributed by atoms with Gasteiger partial charge in [0.25, 0.3) is 5.91 Å². The molecule has 0 bridgehead atoms. The fourth-order valence-corrected chi connectivity index (χ4v) is 3.04. The normalized spacial score (nSPS) is 11.5. The van der Waals surface area contributed by atoms with Gasteiger partial charge in [0.15, 0.2) is 0 Å². The van der Waals surface area contributed by atoms with Crippen LogP contribution in [0.2, 0.25) is 0 Å². The summed E-state index contributed by atoms with van der Waals surface area (Å²) in [4.78, 5) is 13.2. The van der Waals surface area contributed by atoms with E-state index in [-0.39, 0.29) is 11.9 Å². The van der Waals surface area contributed by atoms with E-state index in [4.69, 9.17) is 9.47 Å². The van der Waals surface area contributed by atoms with Gasteiger partial charge in [0.2, 0.25) is 0 Å². The molecule has 1 atom stereocenters. The molecule has 138 valence electrons. The van der Waals surface area contributed by atoms with Crippen LogP contribution < -0.4 is 14.8 Å². The van der Waals surface area contributed by atoms with E-state index in [1.165, 1.54) is 5.56 Å². The molecule has 3 rings (SSSR count). The third kappa shape index (κ3) is 4.11. The Hall–Kier alpha value is -3.27. The number of methoxy groups -OCH3 is 2. The number of carbonyl (C=O) groups excluding carboxylic acids is 1. The van der Waals surface area contributed by atoms with Crippen LogP contribution in [0.4, 0.5) is 0 Å². The smallest absolute Gasteiger partial charge is 0.259 e. The minimum absolute atomic E-state index is 0.251. The number of benzene rings is 3. The molecule has 0 aliphatic rings. The molecule has 0 fully saturated rings. The molecule has 3 aromatic carbocycles. The van der Waals surface area contributed by atoms with Crippen LogP contribution in [-0.4, -0.2) is 20.1 Å². The van der Waals surface area contributed by atoms with Crippen LogP contribution in [0.25, 0.3) is 0 Å². The molecule has 0 heterocycles. The molecule has 4 nitrogen and oxygen atoms in total. The second-order valence-electron chi connectivity index (χ2n) is 6.27. The van der Waals surface area contributed by atoms with Crippen molar-refractivity contribution in [2.75, 3.05) is 14.2 Å². The molecule has 0 radical (unpaired) electrons. The maximum absolute atomic E-state index is 13.2. The van der Waals surface area contributed by atoms with Crippen LogP contribution >= 0.6 is 0 Å². The number of carbonyl (C=O) groups is 1. The Balaban J connectivity index is 2.00. The highest BCUT2D eigenvalue weighted by atomic mass is 16.5. The maximum Gasteiger partial charge on any atom is 0.259 e. The molecule has 0 saturated carbocycles. The van der Waals surface area contributed by atoms with Gasteiger partial charge in [-0.3, -0.25) is 4.79 Å². The van der Waals surface area contributed by atoms with Gasteiger partial charge in [0.05, 0.1) is 20.3 Å². The van der Waals surface area contributed by atoms with Crippen molar-refractivity contribution in [2.24, 2.45) is 0 Å². The van der Waals surface area contributed by atoms with E-state index in [0.29, 0.717) is 17.1 Å². The Labute approximate surface area is 159 Å². The van der Waals surface area contributed by atoms with Crippen molar-refractivity contribution < 1.29 is 14.3 Å². The summed E-state index contributed by atoms with van der Waals surface area (Å²) < 4.78 is 10.8. The third-order valence-electron chi connectivity index (χ3n) is 4.47. The Morgan fingerprint density at radius 3 is 1.89 bits per heavy atom. The van der Waals surface area contributed by atoms with Gasteiger partial charge in [-0.15, -0.1) is 0 Å². The lowest BCUT2D eigenvalue weighted by Crippen LogP contribution is -2.30. The van der Waals surface area contributed by atoms with Gasteiger partial charge >= 0.3 is 0 Å². The highest BCUT2D eigenvalue weighted by Gasteiger charge is 2.23. The first-order chi connectivity index (χ1) is 13.1. The van der Waals surface area contributed by atoms with Crippen LogP contribution in [-0.2, 0) is 0 Å². The Kier molecular flexibility index (Phi) is 5.77. The molecule has 4 heteroatoms. The monoisotopic (exact) mass is 361 g/mol. The quantitative estimate of drug-likeness (QED) is 0.702. The third-order valence-corrected chi connectivity index (χ3v) is 4.47. The van der Waals surface area contributed by atoms with Crippen molar-refractivity contribution in [3.8, 4) is 11.5 Å². The average Bonchev–Trinajstić information content (AvgIpc) is 2.72. The molecular weight excluding hydrogens is 338 g/mol. The summed E-state index contributed by atoms with van der Waals surface area (Å²) in [6, 6.07) is 23.1. The number of rotatable bonds is 6. The SMILES string of the molecule is COc1cccc(OC)c1C(=O)NC(c1ccccc1)c1ccc(C)cc1. The number of nitrogens with one attached hydrogen (secondary N) is 1. The summed E-state index contributed by atoms with van der Waals surface area (Å²) in [7, 11) is 3.08. The highest BCUT2D eigenvalue weighted by Crippen LogP contribution is 2.30. The van der Waals surface area contributed by atoms with Gasteiger partial charge in [0, 0.05) is 0 Å². The minimum Gasteiger partial charge on any atom is -0.496 e. The van der Waals surface area contributed by atoms with Crippen molar-refractivity contribution in [1.29, 1.82) is 0 Å². The van der Waals surface area contributed by atoms with E-state index in [1.807, 2.05) is 61.5 Å². The molecule has 0 spiro atoms. The molecule has 3 aromatic rings. The summed E-state index contributed by atoms with van der Waals surface area (Å²) >= 11 is 0. The van der Waals surface area contributed by atoms with Crippen molar-refractivity contribution >= 4 is 5.91 Å². The first-order valence-corrected chi connectivity index (χ1v) is 8.77. The van der Waals surface area contributed by atoms with E-state index < -0.39 is 0 Å². The van der Waals surface area contributed by atoms with Crippen molar-refractivity contribution in [1.82, 2.24) is 5.32 Å². The topological polar surface area (TPSA) is 47.6 Å². The zero-order valence-electron chi connectivity index (χ0n) is 15.7. The van der Waals surface area contributed by atoms with Crippen molar-refractivity contribution in [2.45, 2.75) is 13.0 Å². The number of hydrogen-bond acceptors (Lipinski definition) is 3. The van der Waals surface area contributed by atoms with Crippen LogP contribution in [0.3, 0.4) is 0 Å². The number of aryl methyl sites for hydroxylation is 1. The van der Waals surface area contributed by atoms with Crippen molar-refractivity contribution in [3.63, 3.8) is 0 Å². The Morgan fingerprint density at radius 1 is 0.778 bits per heavy atom. The lowest BCUT2D eigenvalue weighted by Gasteiger charge is -2.21. The van der Waals surface area contributed by atoms with Gasteiger partial charge in [-0.05, 0) is 30.2 Å². The van der Waals surface area contributed by atoms with Gasteiger partial charge in [0.1, 0.15) is 17.1 Å². The number of ether oxygens (including phenoxy) is 2. The van der Waals surface area contributed by atoms with Crippen molar-refractivity contribution in [3.05, 3.63) is 95.1 Å². The standard InChI is InChI=1S/C23H23NO3/c1-16-12-14-18(15-13-16)22(17-8-5-4-6-9-17)24-23(25)21-19(26-2)10-7-11-20(21)27-3/h4-15,22H,1-3H3,(H,24,25). The first kappa shape index (κ1) is 18.5. The summed E-state index contributed by atoms with van der Waals surface area (Å²) in [5.41, 5.74) is 3.57. The minimum atomic E-state index is -0.283.